The highest BCUT2D eigenvalue weighted by atomic mass is 16.5. The summed E-state index contributed by atoms with van der Waals surface area (Å²) in [6, 6.07) is 8.92. The van der Waals surface area contributed by atoms with E-state index in [0.717, 1.165) is 22.6 Å². The Hall–Kier alpha value is -2.27. The van der Waals surface area contributed by atoms with Crippen molar-refractivity contribution < 1.29 is 14.6 Å². The molecule has 2 heterocycles. The Labute approximate surface area is 129 Å². The van der Waals surface area contributed by atoms with E-state index in [4.69, 9.17) is 4.74 Å². The zero-order chi connectivity index (χ0) is 15.7. The minimum atomic E-state index is 0.0569. The highest BCUT2D eigenvalue weighted by Crippen LogP contribution is 2.23. The van der Waals surface area contributed by atoms with Crippen molar-refractivity contribution in [1.82, 2.24) is 9.47 Å². The number of ether oxygens (including phenoxy) is 1. The van der Waals surface area contributed by atoms with Crippen molar-refractivity contribution in [2.75, 3.05) is 26.3 Å². The predicted octanol–water partition coefficient (Wildman–Crippen LogP) is 2.27. The number of phenolic OH excluding ortho intramolecular Hbond substituents is 1. The van der Waals surface area contributed by atoms with Gasteiger partial charge in [0.15, 0.2) is 0 Å². The summed E-state index contributed by atoms with van der Waals surface area (Å²) in [5, 5.41) is 9.42. The van der Waals surface area contributed by atoms with Gasteiger partial charge in [0.05, 0.1) is 18.8 Å². The fraction of sp³-hybridized carbons (Fsp3) is 0.353. The summed E-state index contributed by atoms with van der Waals surface area (Å²) in [7, 11) is 0. The van der Waals surface area contributed by atoms with E-state index in [1.165, 1.54) is 0 Å². The summed E-state index contributed by atoms with van der Waals surface area (Å²) in [6.45, 7) is 6.41. The lowest BCUT2D eigenvalue weighted by Crippen LogP contribution is -2.40. The summed E-state index contributed by atoms with van der Waals surface area (Å²) in [5.74, 6) is 0.289. The van der Waals surface area contributed by atoms with Crippen LogP contribution in [0.4, 0.5) is 0 Å². The fourth-order valence-corrected chi connectivity index (χ4v) is 2.92. The van der Waals surface area contributed by atoms with Gasteiger partial charge in [-0.25, -0.2) is 0 Å². The number of rotatable bonds is 2. The largest absolute Gasteiger partial charge is 0.508 e. The number of nitrogens with zero attached hydrogens (tertiary/aromatic N) is 2. The normalized spacial score (nSPS) is 15.1. The third-order valence-corrected chi connectivity index (χ3v) is 4.07. The first kappa shape index (κ1) is 14.7. The van der Waals surface area contributed by atoms with Crippen molar-refractivity contribution in [2.45, 2.75) is 13.8 Å². The zero-order valence-electron chi connectivity index (χ0n) is 12.9. The average molecular weight is 300 g/mol. The first-order chi connectivity index (χ1) is 10.6. The summed E-state index contributed by atoms with van der Waals surface area (Å²) >= 11 is 0. The molecule has 5 heteroatoms. The van der Waals surface area contributed by atoms with Crippen LogP contribution in [-0.2, 0) is 4.74 Å². The third-order valence-electron chi connectivity index (χ3n) is 4.07. The Morgan fingerprint density at radius 2 is 1.77 bits per heavy atom. The molecular weight excluding hydrogens is 280 g/mol. The van der Waals surface area contributed by atoms with Crippen LogP contribution in [0.1, 0.15) is 21.7 Å². The molecule has 0 atom stereocenters. The van der Waals surface area contributed by atoms with Gasteiger partial charge in [-0.1, -0.05) is 0 Å². The highest BCUT2D eigenvalue weighted by Gasteiger charge is 2.23. The number of phenols is 1. The second-order valence-corrected chi connectivity index (χ2v) is 5.54. The first-order valence-corrected chi connectivity index (χ1v) is 7.43. The van der Waals surface area contributed by atoms with Crippen molar-refractivity contribution in [3.05, 3.63) is 47.3 Å². The molecule has 0 aliphatic carbocycles. The number of morpholine rings is 1. The smallest absolute Gasteiger partial charge is 0.255 e. The zero-order valence-corrected chi connectivity index (χ0v) is 12.9. The van der Waals surface area contributed by atoms with E-state index in [-0.39, 0.29) is 11.7 Å². The molecule has 0 unspecified atom stereocenters. The van der Waals surface area contributed by atoms with Crippen molar-refractivity contribution in [1.29, 1.82) is 0 Å². The predicted molar refractivity (Wildman–Crippen MR) is 83.6 cm³/mol. The molecule has 2 aromatic rings. The van der Waals surface area contributed by atoms with Crippen LogP contribution in [0.15, 0.2) is 30.3 Å². The van der Waals surface area contributed by atoms with Gasteiger partial charge in [0.1, 0.15) is 5.75 Å². The monoisotopic (exact) mass is 300 g/mol. The van der Waals surface area contributed by atoms with Crippen molar-refractivity contribution in [2.24, 2.45) is 0 Å². The van der Waals surface area contributed by atoms with Crippen molar-refractivity contribution >= 4 is 5.91 Å². The van der Waals surface area contributed by atoms with Gasteiger partial charge in [0.2, 0.25) is 0 Å². The molecule has 1 aliphatic rings. The van der Waals surface area contributed by atoms with Crippen LogP contribution >= 0.6 is 0 Å². The van der Waals surface area contributed by atoms with Crippen LogP contribution < -0.4 is 0 Å². The molecule has 22 heavy (non-hydrogen) atoms. The van der Waals surface area contributed by atoms with E-state index in [9.17, 15) is 9.90 Å². The summed E-state index contributed by atoms with van der Waals surface area (Å²) in [6.07, 6.45) is 0. The van der Waals surface area contributed by atoms with E-state index in [0.29, 0.717) is 26.3 Å². The fourth-order valence-electron chi connectivity index (χ4n) is 2.92. The molecule has 5 nitrogen and oxygen atoms in total. The quantitative estimate of drug-likeness (QED) is 0.925. The Morgan fingerprint density at radius 3 is 2.41 bits per heavy atom. The molecule has 1 saturated heterocycles. The van der Waals surface area contributed by atoms with Crippen LogP contribution in [0.3, 0.4) is 0 Å². The van der Waals surface area contributed by atoms with E-state index in [1.54, 1.807) is 12.1 Å². The van der Waals surface area contributed by atoms with Gasteiger partial charge in [-0.2, -0.15) is 0 Å². The van der Waals surface area contributed by atoms with Crippen molar-refractivity contribution in [3.63, 3.8) is 0 Å². The molecule has 116 valence electrons. The van der Waals surface area contributed by atoms with Gasteiger partial charge in [-0.3, -0.25) is 4.79 Å². The molecule has 1 aromatic carbocycles. The number of hydrogen-bond acceptors (Lipinski definition) is 3. The standard InChI is InChI=1S/C17H20N2O3/c1-12-11-16(17(21)18-7-9-22-10-8-18)13(2)19(12)14-3-5-15(20)6-4-14/h3-6,11,20H,7-10H2,1-2H3. The number of aromatic hydroxyl groups is 1. The summed E-state index contributed by atoms with van der Waals surface area (Å²) < 4.78 is 7.34. The molecule has 0 bridgehead atoms. The number of benzene rings is 1. The minimum absolute atomic E-state index is 0.0569. The molecule has 1 aliphatic heterocycles. The molecule has 0 saturated carbocycles. The van der Waals surface area contributed by atoms with Gasteiger partial charge < -0.3 is 19.3 Å². The minimum Gasteiger partial charge on any atom is -0.508 e. The topological polar surface area (TPSA) is 54.7 Å². The number of carbonyl (C=O) groups excluding carboxylic acids is 1. The van der Waals surface area contributed by atoms with Crippen LogP contribution in [0.5, 0.6) is 5.75 Å². The lowest BCUT2D eigenvalue weighted by molar-refractivity contribution is 0.0302. The van der Waals surface area contributed by atoms with Crippen LogP contribution in [0, 0.1) is 13.8 Å². The number of aromatic nitrogens is 1. The Kier molecular flexibility index (Phi) is 3.90. The molecular formula is C17H20N2O3. The van der Waals surface area contributed by atoms with E-state index in [2.05, 4.69) is 0 Å². The molecule has 1 amide bonds. The Balaban J connectivity index is 1.95. The van der Waals surface area contributed by atoms with Crippen molar-refractivity contribution in [3.8, 4) is 11.4 Å². The second kappa shape index (κ2) is 5.85. The van der Waals surface area contributed by atoms with Gasteiger partial charge in [0, 0.05) is 30.2 Å². The summed E-state index contributed by atoms with van der Waals surface area (Å²) in [4.78, 5) is 14.5. The Morgan fingerprint density at radius 1 is 1.14 bits per heavy atom. The van der Waals surface area contributed by atoms with Gasteiger partial charge in [-0.05, 0) is 44.2 Å². The highest BCUT2D eigenvalue weighted by molar-refractivity contribution is 5.96. The van der Waals surface area contributed by atoms with Gasteiger partial charge >= 0.3 is 0 Å². The molecule has 3 rings (SSSR count). The van der Waals surface area contributed by atoms with E-state index in [1.807, 2.05) is 41.5 Å². The molecule has 0 spiro atoms. The van der Waals surface area contributed by atoms with E-state index < -0.39 is 0 Å². The average Bonchev–Trinajstić information content (AvgIpc) is 2.83. The van der Waals surface area contributed by atoms with Crippen LogP contribution in [0.25, 0.3) is 5.69 Å². The number of hydrogen-bond donors (Lipinski definition) is 1. The number of carbonyl (C=O) groups is 1. The molecule has 0 radical (unpaired) electrons. The maximum absolute atomic E-state index is 12.7. The molecule has 1 aromatic heterocycles. The maximum Gasteiger partial charge on any atom is 0.255 e. The van der Waals surface area contributed by atoms with Crippen LogP contribution in [0.2, 0.25) is 0 Å². The SMILES string of the molecule is Cc1cc(C(=O)N2CCOCC2)c(C)n1-c1ccc(O)cc1. The lowest BCUT2D eigenvalue weighted by atomic mass is 10.2. The van der Waals surface area contributed by atoms with Gasteiger partial charge in [-0.15, -0.1) is 0 Å². The van der Waals surface area contributed by atoms with Gasteiger partial charge in [0.25, 0.3) is 5.91 Å². The Bertz CT molecular complexity index is 683. The summed E-state index contributed by atoms with van der Waals surface area (Å²) in [5.41, 5.74) is 3.58. The second-order valence-electron chi connectivity index (χ2n) is 5.54. The first-order valence-electron chi connectivity index (χ1n) is 7.43. The maximum atomic E-state index is 12.7. The molecule has 1 N–H and O–H groups in total. The lowest BCUT2D eigenvalue weighted by Gasteiger charge is -2.26. The van der Waals surface area contributed by atoms with E-state index >= 15 is 0 Å². The van der Waals surface area contributed by atoms with Crippen LogP contribution in [-0.4, -0.2) is 46.8 Å². The molecule has 1 fully saturated rings. The number of aryl methyl sites for hydroxylation is 1. The number of amides is 1. The third kappa shape index (κ3) is 2.60.